The minimum atomic E-state index is -0.638. The molecule has 0 radical (unpaired) electrons. The molecular formula is C15H20FN3O. The summed E-state index contributed by atoms with van der Waals surface area (Å²) in [4.78, 5) is 6.25. The van der Waals surface area contributed by atoms with Crippen LogP contribution in [0.2, 0.25) is 0 Å². The van der Waals surface area contributed by atoms with E-state index in [1.165, 1.54) is 12.1 Å². The molecule has 0 aliphatic rings. The van der Waals surface area contributed by atoms with Crippen molar-refractivity contribution in [2.45, 2.75) is 19.6 Å². The van der Waals surface area contributed by atoms with Crippen LogP contribution in [0.15, 0.2) is 30.6 Å². The predicted molar refractivity (Wildman–Crippen MR) is 75.6 cm³/mol. The second-order valence-electron chi connectivity index (χ2n) is 5.17. The zero-order chi connectivity index (χ0) is 14.7. The van der Waals surface area contributed by atoms with Crippen LogP contribution in [0.1, 0.15) is 23.1 Å². The number of hydrogen-bond acceptors (Lipinski definition) is 3. The lowest BCUT2D eigenvalue weighted by Crippen LogP contribution is -2.26. The van der Waals surface area contributed by atoms with E-state index in [0.29, 0.717) is 13.1 Å². The largest absolute Gasteiger partial charge is 0.387 e. The lowest BCUT2D eigenvalue weighted by Gasteiger charge is -2.21. The number of aromatic nitrogens is 2. The molecule has 5 heteroatoms. The maximum Gasteiger partial charge on any atom is 0.123 e. The van der Waals surface area contributed by atoms with E-state index in [0.717, 1.165) is 17.0 Å². The summed E-state index contributed by atoms with van der Waals surface area (Å²) in [5, 5.41) is 10.3. The summed E-state index contributed by atoms with van der Waals surface area (Å²) in [6, 6.07) is 4.46. The molecule has 0 fully saturated rings. The Hall–Kier alpha value is -1.72. The Bertz CT molecular complexity index is 582. The monoisotopic (exact) mass is 277 g/mol. The Morgan fingerprint density at radius 3 is 2.80 bits per heavy atom. The molecule has 1 atom stereocenters. The molecule has 0 amide bonds. The summed E-state index contributed by atoms with van der Waals surface area (Å²) < 4.78 is 15.0. The molecule has 0 aliphatic heterocycles. The second kappa shape index (κ2) is 6.15. The molecule has 20 heavy (non-hydrogen) atoms. The Morgan fingerprint density at radius 2 is 2.20 bits per heavy atom. The van der Waals surface area contributed by atoms with Crippen LogP contribution in [0.25, 0.3) is 0 Å². The molecular weight excluding hydrogens is 257 g/mol. The van der Waals surface area contributed by atoms with E-state index in [4.69, 9.17) is 0 Å². The first-order valence-corrected chi connectivity index (χ1v) is 6.56. The van der Waals surface area contributed by atoms with Gasteiger partial charge in [0.1, 0.15) is 11.6 Å². The van der Waals surface area contributed by atoms with Gasteiger partial charge in [0.15, 0.2) is 0 Å². The summed E-state index contributed by atoms with van der Waals surface area (Å²) >= 11 is 0. The van der Waals surface area contributed by atoms with Crippen molar-refractivity contribution >= 4 is 0 Å². The first-order chi connectivity index (χ1) is 9.47. The van der Waals surface area contributed by atoms with Crippen molar-refractivity contribution in [3.63, 3.8) is 0 Å². The third kappa shape index (κ3) is 3.43. The first kappa shape index (κ1) is 14.7. The van der Waals surface area contributed by atoms with Gasteiger partial charge in [-0.2, -0.15) is 0 Å². The number of hydrogen-bond donors (Lipinski definition) is 1. The van der Waals surface area contributed by atoms with Gasteiger partial charge in [-0.25, -0.2) is 9.37 Å². The van der Waals surface area contributed by atoms with Crippen LogP contribution < -0.4 is 0 Å². The van der Waals surface area contributed by atoms with E-state index in [1.807, 2.05) is 29.8 Å². The van der Waals surface area contributed by atoms with Gasteiger partial charge in [0.2, 0.25) is 0 Å². The molecule has 0 saturated carbocycles. The maximum atomic E-state index is 13.1. The molecule has 108 valence electrons. The third-order valence-corrected chi connectivity index (χ3v) is 3.41. The lowest BCUT2D eigenvalue weighted by molar-refractivity contribution is 0.121. The van der Waals surface area contributed by atoms with Gasteiger partial charge in [-0.15, -0.1) is 0 Å². The molecule has 0 spiro atoms. The highest BCUT2D eigenvalue weighted by molar-refractivity contribution is 5.28. The maximum absolute atomic E-state index is 13.1. The van der Waals surface area contributed by atoms with Crippen LogP contribution in [0.4, 0.5) is 4.39 Å². The summed E-state index contributed by atoms with van der Waals surface area (Å²) in [6.07, 6.45) is 3.01. The summed E-state index contributed by atoms with van der Waals surface area (Å²) in [5.74, 6) is 0.662. The molecule has 2 aromatic rings. The van der Waals surface area contributed by atoms with E-state index in [2.05, 4.69) is 4.98 Å². The SMILES string of the molecule is Cc1cc(F)ccc1C(O)CN(C)Cc1nccn1C. The zero-order valence-electron chi connectivity index (χ0n) is 12.0. The lowest BCUT2D eigenvalue weighted by atomic mass is 10.0. The highest BCUT2D eigenvalue weighted by Gasteiger charge is 2.14. The summed E-state index contributed by atoms with van der Waals surface area (Å²) in [6.45, 7) is 2.93. The topological polar surface area (TPSA) is 41.3 Å². The predicted octanol–water partition coefficient (Wildman–Crippen LogP) is 2.03. The Labute approximate surface area is 118 Å². The van der Waals surface area contributed by atoms with E-state index >= 15 is 0 Å². The normalized spacial score (nSPS) is 12.9. The number of benzene rings is 1. The quantitative estimate of drug-likeness (QED) is 0.909. The van der Waals surface area contributed by atoms with Crippen LogP contribution in [-0.4, -0.2) is 33.1 Å². The molecule has 2 rings (SSSR count). The molecule has 1 unspecified atom stereocenters. The summed E-state index contributed by atoms with van der Waals surface area (Å²) in [7, 11) is 3.87. The van der Waals surface area contributed by atoms with Crippen LogP contribution in [0.5, 0.6) is 0 Å². The van der Waals surface area contributed by atoms with Crippen molar-refractivity contribution in [1.29, 1.82) is 0 Å². The van der Waals surface area contributed by atoms with Gasteiger partial charge in [-0.05, 0) is 37.2 Å². The number of imidazole rings is 1. The van der Waals surface area contributed by atoms with E-state index in [9.17, 15) is 9.50 Å². The van der Waals surface area contributed by atoms with Crippen molar-refractivity contribution in [3.8, 4) is 0 Å². The van der Waals surface area contributed by atoms with Gasteiger partial charge in [-0.3, -0.25) is 4.90 Å². The molecule has 1 aromatic carbocycles. The van der Waals surface area contributed by atoms with Crippen molar-refractivity contribution in [1.82, 2.24) is 14.5 Å². The van der Waals surface area contributed by atoms with E-state index in [1.54, 1.807) is 19.2 Å². The zero-order valence-corrected chi connectivity index (χ0v) is 12.0. The highest BCUT2D eigenvalue weighted by atomic mass is 19.1. The number of nitrogens with zero attached hydrogens (tertiary/aromatic N) is 3. The number of aliphatic hydroxyl groups is 1. The summed E-state index contributed by atoms with van der Waals surface area (Å²) in [5.41, 5.74) is 1.53. The fraction of sp³-hybridized carbons (Fsp3) is 0.400. The first-order valence-electron chi connectivity index (χ1n) is 6.56. The van der Waals surface area contributed by atoms with Gasteiger partial charge in [0.05, 0.1) is 12.6 Å². The van der Waals surface area contributed by atoms with Gasteiger partial charge in [0.25, 0.3) is 0 Å². The average molecular weight is 277 g/mol. The Kier molecular flexibility index (Phi) is 4.52. The molecule has 1 N–H and O–H groups in total. The van der Waals surface area contributed by atoms with Gasteiger partial charge in [-0.1, -0.05) is 6.07 Å². The molecule has 1 heterocycles. The average Bonchev–Trinajstić information content (AvgIpc) is 2.74. The van der Waals surface area contributed by atoms with Crippen molar-refractivity contribution in [2.24, 2.45) is 7.05 Å². The van der Waals surface area contributed by atoms with Crippen LogP contribution >= 0.6 is 0 Å². The Balaban J connectivity index is 2.00. The van der Waals surface area contributed by atoms with Crippen molar-refractivity contribution in [3.05, 3.63) is 53.4 Å². The minimum Gasteiger partial charge on any atom is -0.387 e. The van der Waals surface area contributed by atoms with Gasteiger partial charge >= 0.3 is 0 Å². The number of rotatable bonds is 5. The Morgan fingerprint density at radius 1 is 1.45 bits per heavy atom. The molecule has 0 aliphatic carbocycles. The standard InChI is InChI=1S/C15H20FN3O/c1-11-8-12(16)4-5-13(11)14(20)9-18(2)10-15-17-6-7-19(15)3/h4-8,14,20H,9-10H2,1-3H3. The van der Waals surface area contributed by atoms with E-state index < -0.39 is 6.10 Å². The molecule has 1 aromatic heterocycles. The van der Waals surface area contributed by atoms with Crippen molar-refractivity contribution < 1.29 is 9.50 Å². The van der Waals surface area contributed by atoms with Crippen LogP contribution in [-0.2, 0) is 13.6 Å². The number of halogens is 1. The van der Waals surface area contributed by atoms with Crippen LogP contribution in [0.3, 0.4) is 0 Å². The molecule has 0 saturated heterocycles. The number of aliphatic hydroxyl groups excluding tert-OH is 1. The number of likely N-dealkylation sites (N-methyl/N-ethyl adjacent to an activating group) is 1. The highest BCUT2D eigenvalue weighted by Crippen LogP contribution is 2.19. The minimum absolute atomic E-state index is 0.278. The van der Waals surface area contributed by atoms with Crippen LogP contribution in [0, 0.1) is 12.7 Å². The second-order valence-corrected chi connectivity index (χ2v) is 5.17. The smallest absolute Gasteiger partial charge is 0.123 e. The van der Waals surface area contributed by atoms with Gasteiger partial charge in [0, 0.05) is 26.0 Å². The third-order valence-electron chi connectivity index (χ3n) is 3.41. The van der Waals surface area contributed by atoms with Gasteiger partial charge < -0.3 is 9.67 Å². The van der Waals surface area contributed by atoms with Crippen molar-refractivity contribution in [2.75, 3.05) is 13.6 Å². The molecule has 4 nitrogen and oxygen atoms in total. The van der Waals surface area contributed by atoms with E-state index in [-0.39, 0.29) is 5.82 Å². The number of aryl methyl sites for hydroxylation is 2. The fourth-order valence-electron chi connectivity index (χ4n) is 2.26. The fourth-order valence-corrected chi connectivity index (χ4v) is 2.26. The molecule has 0 bridgehead atoms.